The molecule has 1 N–H and O–H groups in total. The van der Waals surface area contributed by atoms with Gasteiger partial charge in [-0.25, -0.2) is 9.97 Å². The fraction of sp³-hybridized carbons (Fsp3) is 0.375. The van der Waals surface area contributed by atoms with Crippen LogP contribution in [-0.2, 0) is 11.2 Å². The maximum atomic E-state index is 10.1. The highest BCUT2D eigenvalue weighted by molar-refractivity contribution is 5.66. The van der Waals surface area contributed by atoms with Gasteiger partial charge in [-0.15, -0.1) is 0 Å². The van der Waals surface area contributed by atoms with E-state index in [1.165, 1.54) is 0 Å². The number of aliphatic carboxylic acids is 1. The normalized spacial score (nSPS) is 9.67. The zero-order valence-electron chi connectivity index (χ0n) is 6.60. The molecule has 1 rings (SSSR count). The van der Waals surface area contributed by atoms with Crippen molar-refractivity contribution in [2.45, 2.75) is 19.3 Å². The van der Waals surface area contributed by atoms with Crippen LogP contribution in [0.1, 0.15) is 18.7 Å². The molecule has 64 valence electrons. The van der Waals surface area contributed by atoms with E-state index < -0.39 is 5.97 Å². The highest BCUT2D eigenvalue weighted by Gasteiger charge is 1.98. The predicted octanol–water partition coefficient (Wildman–Crippen LogP) is 0.884. The molecule has 0 aliphatic heterocycles. The van der Waals surface area contributed by atoms with Crippen LogP contribution in [0.15, 0.2) is 18.5 Å². The van der Waals surface area contributed by atoms with E-state index in [0.29, 0.717) is 18.7 Å². The van der Waals surface area contributed by atoms with Gasteiger partial charge in [-0.1, -0.05) is 0 Å². The number of aryl methyl sites for hydroxylation is 1. The lowest BCUT2D eigenvalue weighted by molar-refractivity contribution is -0.137. The Morgan fingerprint density at radius 3 is 2.67 bits per heavy atom. The Morgan fingerprint density at radius 2 is 2.08 bits per heavy atom. The monoisotopic (exact) mass is 166 g/mol. The molecule has 0 radical (unpaired) electrons. The zero-order chi connectivity index (χ0) is 8.81. The van der Waals surface area contributed by atoms with Crippen LogP contribution in [0.5, 0.6) is 0 Å². The average molecular weight is 166 g/mol. The Bertz CT molecular complexity index is 248. The van der Waals surface area contributed by atoms with Crippen molar-refractivity contribution in [1.29, 1.82) is 0 Å². The first kappa shape index (κ1) is 8.64. The molecule has 12 heavy (non-hydrogen) atoms. The summed E-state index contributed by atoms with van der Waals surface area (Å²) in [7, 11) is 0. The zero-order valence-corrected chi connectivity index (χ0v) is 6.60. The lowest BCUT2D eigenvalue weighted by Gasteiger charge is -1.95. The smallest absolute Gasteiger partial charge is 0.303 e. The molecule has 1 aromatic rings. The molecule has 0 saturated carbocycles. The summed E-state index contributed by atoms with van der Waals surface area (Å²) in [4.78, 5) is 18.1. The van der Waals surface area contributed by atoms with Gasteiger partial charge in [0, 0.05) is 25.2 Å². The third-order valence-corrected chi connectivity index (χ3v) is 1.41. The molecule has 0 fully saturated rings. The molecule has 0 spiro atoms. The van der Waals surface area contributed by atoms with Crippen LogP contribution in [0.3, 0.4) is 0 Å². The van der Waals surface area contributed by atoms with Crippen LogP contribution in [-0.4, -0.2) is 21.0 Å². The average Bonchev–Trinajstić information content (AvgIpc) is 2.05. The number of hydrogen-bond donors (Lipinski definition) is 1. The van der Waals surface area contributed by atoms with Gasteiger partial charge in [0.25, 0.3) is 0 Å². The lowest BCUT2D eigenvalue weighted by Crippen LogP contribution is -1.98. The van der Waals surface area contributed by atoms with Crippen LogP contribution in [0.4, 0.5) is 0 Å². The molecule has 1 heterocycles. The van der Waals surface area contributed by atoms with Crippen LogP contribution >= 0.6 is 0 Å². The molecule has 0 amide bonds. The minimum atomic E-state index is -0.772. The topological polar surface area (TPSA) is 63.1 Å². The Hall–Kier alpha value is -1.45. The standard InChI is InChI=1S/C8H10N2O2/c11-8(12)4-1-3-7-9-5-2-6-10-7/h2,5-6H,1,3-4H2,(H,11,12). The maximum absolute atomic E-state index is 10.1. The van der Waals surface area contributed by atoms with Gasteiger partial charge in [0.1, 0.15) is 5.82 Å². The highest BCUT2D eigenvalue weighted by Crippen LogP contribution is 1.97. The summed E-state index contributed by atoms with van der Waals surface area (Å²) in [5, 5.41) is 8.35. The van der Waals surface area contributed by atoms with Crippen LogP contribution < -0.4 is 0 Å². The summed E-state index contributed by atoms with van der Waals surface area (Å²) in [5.41, 5.74) is 0. The van der Waals surface area contributed by atoms with E-state index in [1.807, 2.05) is 0 Å². The van der Waals surface area contributed by atoms with Gasteiger partial charge in [0.2, 0.25) is 0 Å². The molecule has 0 atom stereocenters. The molecule has 4 heteroatoms. The van der Waals surface area contributed by atoms with Gasteiger partial charge in [-0.2, -0.15) is 0 Å². The Morgan fingerprint density at radius 1 is 1.42 bits per heavy atom. The van der Waals surface area contributed by atoms with E-state index in [-0.39, 0.29) is 6.42 Å². The van der Waals surface area contributed by atoms with Crippen molar-refractivity contribution in [1.82, 2.24) is 9.97 Å². The summed E-state index contributed by atoms with van der Waals surface area (Å²) in [6.45, 7) is 0. The number of carbonyl (C=O) groups is 1. The number of hydrogen-bond acceptors (Lipinski definition) is 3. The van der Waals surface area contributed by atoms with Crippen LogP contribution in [0.25, 0.3) is 0 Å². The van der Waals surface area contributed by atoms with E-state index >= 15 is 0 Å². The first-order valence-electron chi connectivity index (χ1n) is 3.77. The molecule has 0 aliphatic rings. The summed E-state index contributed by atoms with van der Waals surface area (Å²) in [6.07, 6.45) is 4.72. The van der Waals surface area contributed by atoms with Crippen molar-refractivity contribution in [3.63, 3.8) is 0 Å². The first-order chi connectivity index (χ1) is 5.79. The molecule has 0 aliphatic carbocycles. The van der Waals surface area contributed by atoms with E-state index in [2.05, 4.69) is 9.97 Å². The summed E-state index contributed by atoms with van der Waals surface area (Å²) in [6, 6.07) is 1.74. The van der Waals surface area contributed by atoms with Gasteiger partial charge in [-0.05, 0) is 12.5 Å². The molecular weight excluding hydrogens is 156 g/mol. The second-order valence-corrected chi connectivity index (χ2v) is 2.41. The molecular formula is C8H10N2O2. The minimum absolute atomic E-state index is 0.179. The maximum Gasteiger partial charge on any atom is 0.303 e. The number of nitrogens with zero attached hydrogens (tertiary/aromatic N) is 2. The van der Waals surface area contributed by atoms with Gasteiger partial charge in [-0.3, -0.25) is 4.79 Å². The minimum Gasteiger partial charge on any atom is -0.481 e. The summed E-state index contributed by atoms with van der Waals surface area (Å²) < 4.78 is 0. The molecule has 0 bridgehead atoms. The summed E-state index contributed by atoms with van der Waals surface area (Å²) >= 11 is 0. The van der Waals surface area contributed by atoms with Crippen molar-refractivity contribution < 1.29 is 9.90 Å². The Labute approximate surface area is 70.3 Å². The van der Waals surface area contributed by atoms with Crippen molar-refractivity contribution in [2.75, 3.05) is 0 Å². The van der Waals surface area contributed by atoms with Crippen molar-refractivity contribution >= 4 is 5.97 Å². The quantitative estimate of drug-likeness (QED) is 0.721. The largest absolute Gasteiger partial charge is 0.481 e. The predicted molar refractivity (Wildman–Crippen MR) is 42.6 cm³/mol. The fourth-order valence-corrected chi connectivity index (χ4v) is 0.857. The van der Waals surface area contributed by atoms with E-state index in [4.69, 9.17) is 5.11 Å². The third-order valence-electron chi connectivity index (χ3n) is 1.41. The van der Waals surface area contributed by atoms with Gasteiger partial charge >= 0.3 is 5.97 Å². The van der Waals surface area contributed by atoms with Crippen molar-refractivity contribution in [2.24, 2.45) is 0 Å². The Balaban J connectivity index is 2.29. The Kier molecular flexibility index (Phi) is 3.19. The summed E-state index contributed by atoms with van der Waals surface area (Å²) in [5.74, 6) is -0.0651. The van der Waals surface area contributed by atoms with Gasteiger partial charge in [0.05, 0.1) is 0 Å². The lowest BCUT2D eigenvalue weighted by atomic mass is 10.2. The van der Waals surface area contributed by atoms with Crippen molar-refractivity contribution in [3.05, 3.63) is 24.3 Å². The number of aromatic nitrogens is 2. The van der Waals surface area contributed by atoms with E-state index in [9.17, 15) is 4.79 Å². The number of carboxylic acid groups (broad SMARTS) is 1. The molecule has 1 aromatic heterocycles. The molecule has 0 saturated heterocycles. The van der Waals surface area contributed by atoms with E-state index in [0.717, 1.165) is 0 Å². The van der Waals surface area contributed by atoms with Crippen LogP contribution in [0.2, 0.25) is 0 Å². The fourth-order valence-electron chi connectivity index (χ4n) is 0.857. The number of rotatable bonds is 4. The molecule has 4 nitrogen and oxygen atoms in total. The first-order valence-corrected chi connectivity index (χ1v) is 3.77. The second-order valence-electron chi connectivity index (χ2n) is 2.41. The number of carboxylic acids is 1. The molecule has 0 unspecified atom stereocenters. The SMILES string of the molecule is O=C(O)CCCc1ncccn1. The molecule has 0 aromatic carbocycles. The third kappa shape index (κ3) is 3.09. The highest BCUT2D eigenvalue weighted by atomic mass is 16.4. The van der Waals surface area contributed by atoms with Crippen molar-refractivity contribution in [3.8, 4) is 0 Å². The van der Waals surface area contributed by atoms with Gasteiger partial charge < -0.3 is 5.11 Å². The van der Waals surface area contributed by atoms with E-state index in [1.54, 1.807) is 18.5 Å². The van der Waals surface area contributed by atoms with Crippen LogP contribution in [0, 0.1) is 0 Å². The second kappa shape index (κ2) is 4.43. The van der Waals surface area contributed by atoms with Gasteiger partial charge in [0.15, 0.2) is 0 Å².